The molecule has 20 heavy (non-hydrogen) atoms. The number of carbonyl (C=O) groups excluding carboxylic acids is 1. The maximum Gasteiger partial charge on any atom is 0.275 e. The summed E-state index contributed by atoms with van der Waals surface area (Å²) in [4.78, 5) is 20.3. The molecule has 0 fully saturated rings. The van der Waals surface area contributed by atoms with Crippen molar-refractivity contribution in [2.45, 2.75) is 13.3 Å². The van der Waals surface area contributed by atoms with Gasteiger partial charge in [0.1, 0.15) is 11.5 Å². The first-order chi connectivity index (χ1) is 9.70. The smallest absolute Gasteiger partial charge is 0.275 e. The van der Waals surface area contributed by atoms with Crippen molar-refractivity contribution in [2.24, 2.45) is 0 Å². The average molecular weight is 335 g/mol. The molecule has 5 nitrogen and oxygen atoms in total. The molecule has 0 radical (unpaired) electrons. The van der Waals surface area contributed by atoms with Crippen molar-refractivity contribution in [2.75, 3.05) is 17.2 Å². The molecule has 0 saturated heterocycles. The predicted octanol–water partition coefficient (Wildman–Crippen LogP) is 3.31. The number of nitrogens with one attached hydrogen (secondary N) is 2. The zero-order valence-corrected chi connectivity index (χ0v) is 12.6. The van der Waals surface area contributed by atoms with Crippen molar-refractivity contribution >= 4 is 33.3 Å². The fourth-order valence-corrected chi connectivity index (χ4v) is 1.91. The minimum atomic E-state index is -0.286. The molecule has 0 aliphatic rings. The van der Waals surface area contributed by atoms with Gasteiger partial charge in [0.05, 0.1) is 16.4 Å². The number of pyridine rings is 2. The predicted molar refractivity (Wildman–Crippen MR) is 82.9 cm³/mol. The van der Waals surface area contributed by atoms with Gasteiger partial charge < -0.3 is 10.6 Å². The van der Waals surface area contributed by atoms with E-state index in [2.05, 4.69) is 43.5 Å². The van der Waals surface area contributed by atoms with Gasteiger partial charge in [-0.05, 0) is 46.6 Å². The summed E-state index contributed by atoms with van der Waals surface area (Å²) in [5.41, 5.74) is 1.26. The second-order valence-electron chi connectivity index (χ2n) is 4.15. The van der Waals surface area contributed by atoms with E-state index in [-0.39, 0.29) is 5.91 Å². The van der Waals surface area contributed by atoms with Crippen molar-refractivity contribution in [1.29, 1.82) is 0 Å². The Hall–Kier alpha value is -1.95. The van der Waals surface area contributed by atoms with Crippen molar-refractivity contribution in [3.8, 4) is 0 Å². The molecule has 0 aromatic carbocycles. The van der Waals surface area contributed by atoms with Crippen molar-refractivity contribution in [1.82, 2.24) is 9.97 Å². The molecule has 0 spiro atoms. The Morgan fingerprint density at radius 3 is 2.80 bits per heavy atom. The van der Waals surface area contributed by atoms with Crippen LogP contribution in [-0.2, 0) is 0 Å². The van der Waals surface area contributed by atoms with E-state index in [1.54, 1.807) is 24.5 Å². The van der Waals surface area contributed by atoms with Crippen molar-refractivity contribution in [3.05, 3.63) is 46.8 Å². The van der Waals surface area contributed by atoms with Gasteiger partial charge in [0.2, 0.25) is 0 Å². The summed E-state index contributed by atoms with van der Waals surface area (Å²) in [6.45, 7) is 2.97. The Labute approximate surface area is 126 Å². The number of aromatic nitrogens is 2. The Morgan fingerprint density at radius 2 is 2.15 bits per heavy atom. The third-order valence-corrected chi connectivity index (χ3v) is 3.21. The highest BCUT2D eigenvalue weighted by molar-refractivity contribution is 9.10. The fourth-order valence-electron chi connectivity index (χ4n) is 1.55. The maximum atomic E-state index is 12.0. The van der Waals surface area contributed by atoms with Crippen LogP contribution >= 0.6 is 15.9 Å². The largest absolute Gasteiger partial charge is 0.384 e. The number of nitrogens with zero attached hydrogens (tertiary/aromatic N) is 2. The van der Waals surface area contributed by atoms with E-state index in [1.165, 1.54) is 0 Å². The molecule has 2 rings (SSSR count). The van der Waals surface area contributed by atoms with Gasteiger partial charge in [-0.1, -0.05) is 6.92 Å². The van der Waals surface area contributed by atoms with E-state index in [1.807, 2.05) is 12.1 Å². The standard InChI is InChI=1S/C14H15BrN4O/c1-2-7-16-10-5-6-12(18-9-10)14(20)19-13-11(15)4-3-8-17-13/h3-6,8-9,16H,2,7H2,1H3,(H,17,19,20). The number of carbonyl (C=O) groups is 1. The number of amides is 1. The lowest BCUT2D eigenvalue weighted by Gasteiger charge is -2.07. The summed E-state index contributed by atoms with van der Waals surface area (Å²) in [5, 5.41) is 5.91. The lowest BCUT2D eigenvalue weighted by molar-refractivity contribution is 0.102. The molecular formula is C14H15BrN4O. The third kappa shape index (κ3) is 3.77. The SMILES string of the molecule is CCCNc1ccc(C(=O)Nc2ncccc2Br)nc1. The van der Waals surface area contributed by atoms with E-state index in [0.29, 0.717) is 11.5 Å². The third-order valence-electron chi connectivity index (χ3n) is 2.57. The Balaban J connectivity index is 2.04. The molecule has 6 heteroatoms. The first-order valence-corrected chi connectivity index (χ1v) is 7.12. The van der Waals surface area contributed by atoms with Crippen LogP contribution in [0.4, 0.5) is 11.5 Å². The molecule has 0 aliphatic heterocycles. The van der Waals surface area contributed by atoms with Gasteiger partial charge in [-0.25, -0.2) is 9.97 Å². The molecule has 2 N–H and O–H groups in total. The molecule has 2 aromatic rings. The first-order valence-electron chi connectivity index (χ1n) is 6.32. The second kappa shape index (κ2) is 7.00. The van der Waals surface area contributed by atoms with Crippen LogP contribution in [-0.4, -0.2) is 22.4 Å². The monoisotopic (exact) mass is 334 g/mol. The Bertz CT molecular complexity index is 586. The van der Waals surface area contributed by atoms with Crippen LogP contribution < -0.4 is 10.6 Å². The number of halogens is 1. The van der Waals surface area contributed by atoms with E-state index in [4.69, 9.17) is 0 Å². The van der Waals surface area contributed by atoms with Gasteiger partial charge in [-0.15, -0.1) is 0 Å². The highest BCUT2D eigenvalue weighted by Gasteiger charge is 2.10. The molecule has 0 aliphatic carbocycles. The first kappa shape index (κ1) is 14.5. The molecule has 0 atom stereocenters. The zero-order chi connectivity index (χ0) is 14.4. The van der Waals surface area contributed by atoms with Gasteiger partial charge in [-0.3, -0.25) is 4.79 Å². The zero-order valence-electron chi connectivity index (χ0n) is 11.1. The van der Waals surface area contributed by atoms with Crippen molar-refractivity contribution < 1.29 is 4.79 Å². The summed E-state index contributed by atoms with van der Waals surface area (Å²) in [5.74, 6) is 0.193. The fraction of sp³-hybridized carbons (Fsp3) is 0.214. The van der Waals surface area contributed by atoms with Crippen LogP contribution in [0.1, 0.15) is 23.8 Å². The summed E-state index contributed by atoms with van der Waals surface area (Å²) < 4.78 is 0.731. The van der Waals surface area contributed by atoms with Crippen LogP contribution in [0.5, 0.6) is 0 Å². The summed E-state index contributed by atoms with van der Waals surface area (Å²) in [6, 6.07) is 7.12. The summed E-state index contributed by atoms with van der Waals surface area (Å²) >= 11 is 3.33. The molecule has 1 amide bonds. The number of anilines is 2. The summed E-state index contributed by atoms with van der Waals surface area (Å²) in [6.07, 6.45) is 4.31. The van der Waals surface area contributed by atoms with E-state index in [9.17, 15) is 4.79 Å². The van der Waals surface area contributed by atoms with Crippen LogP contribution in [0.25, 0.3) is 0 Å². The Morgan fingerprint density at radius 1 is 1.30 bits per heavy atom. The molecule has 104 valence electrons. The van der Waals surface area contributed by atoms with Gasteiger partial charge in [0.25, 0.3) is 5.91 Å². The van der Waals surface area contributed by atoms with Gasteiger partial charge in [0, 0.05) is 12.7 Å². The topological polar surface area (TPSA) is 66.9 Å². The van der Waals surface area contributed by atoms with Crippen LogP contribution in [0.3, 0.4) is 0 Å². The molecule has 2 heterocycles. The van der Waals surface area contributed by atoms with Gasteiger partial charge in [0.15, 0.2) is 0 Å². The molecule has 0 saturated carbocycles. The molecule has 0 unspecified atom stereocenters. The van der Waals surface area contributed by atoms with Crippen LogP contribution in [0.2, 0.25) is 0 Å². The normalized spacial score (nSPS) is 10.1. The van der Waals surface area contributed by atoms with Gasteiger partial charge >= 0.3 is 0 Å². The van der Waals surface area contributed by atoms with Crippen molar-refractivity contribution in [3.63, 3.8) is 0 Å². The number of rotatable bonds is 5. The van der Waals surface area contributed by atoms with E-state index in [0.717, 1.165) is 23.1 Å². The average Bonchev–Trinajstić information content (AvgIpc) is 2.48. The van der Waals surface area contributed by atoms with E-state index < -0.39 is 0 Å². The second-order valence-corrected chi connectivity index (χ2v) is 5.00. The summed E-state index contributed by atoms with van der Waals surface area (Å²) in [7, 11) is 0. The lowest BCUT2D eigenvalue weighted by atomic mass is 10.3. The Kier molecular flexibility index (Phi) is 5.06. The lowest BCUT2D eigenvalue weighted by Crippen LogP contribution is -2.15. The quantitative estimate of drug-likeness (QED) is 0.880. The number of hydrogen-bond donors (Lipinski definition) is 2. The maximum absolute atomic E-state index is 12.0. The minimum absolute atomic E-state index is 0.286. The van der Waals surface area contributed by atoms with Gasteiger partial charge in [-0.2, -0.15) is 0 Å². The molecule has 2 aromatic heterocycles. The molecular weight excluding hydrogens is 320 g/mol. The molecule has 0 bridgehead atoms. The highest BCUT2D eigenvalue weighted by atomic mass is 79.9. The van der Waals surface area contributed by atoms with E-state index >= 15 is 0 Å². The minimum Gasteiger partial charge on any atom is -0.384 e. The number of hydrogen-bond acceptors (Lipinski definition) is 4. The van der Waals surface area contributed by atoms with Crippen LogP contribution in [0.15, 0.2) is 41.1 Å². The van der Waals surface area contributed by atoms with Crippen LogP contribution in [0, 0.1) is 0 Å². The highest BCUT2D eigenvalue weighted by Crippen LogP contribution is 2.19.